The van der Waals surface area contributed by atoms with E-state index in [1.807, 2.05) is 6.92 Å². The maximum absolute atomic E-state index is 12.3. The van der Waals surface area contributed by atoms with Crippen molar-refractivity contribution in [2.45, 2.75) is 36.0 Å². The molecule has 17 heavy (non-hydrogen) atoms. The van der Waals surface area contributed by atoms with Gasteiger partial charge in [-0.05, 0) is 30.2 Å². The molecule has 2 N–H and O–H groups in total. The third-order valence-electron chi connectivity index (χ3n) is 3.25. The third-order valence-corrected chi connectivity index (χ3v) is 5.57. The van der Waals surface area contributed by atoms with Gasteiger partial charge in [0.2, 0.25) is 0 Å². The Morgan fingerprint density at radius 1 is 1.41 bits per heavy atom. The van der Waals surface area contributed by atoms with Gasteiger partial charge in [0.05, 0.1) is 17.3 Å². The topological polar surface area (TPSA) is 69.4 Å². The highest BCUT2D eigenvalue weighted by molar-refractivity contribution is 7.92. The van der Waals surface area contributed by atoms with Gasteiger partial charge in [0.25, 0.3) is 0 Å². The van der Waals surface area contributed by atoms with Crippen LogP contribution in [0.2, 0.25) is 0 Å². The van der Waals surface area contributed by atoms with Crippen LogP contribution in [0.15, 0.2) is 23.1 Å². The Bertz CT molecular complexity index is 525. The summed E-state index contributed by atoms with van der Waals surface area (Å²) < 4.78 is 29.6. The maximum Gasteiger partial charge on any atom is 0.183 e. The Hall–Kier alpha value is -1.07. The smallest absolute Gasteiger partial charge is 0.183 e. The van der Waals surface area contributed by atoms with Crippen LogP contribution in [-0.4, -0.2) is 20.8 Å². The van der Waals surface area contributed by atoms with E-state index in [0.29, 0.717) is 22.6 Å². The van der Waals surface area contributed by atoms with Crippen molar-refractivity contribution >= 4 is 9.84 Å². The van der Waals surface area contributed by atoms with Crippen LogP contribution in [0.4, 0.5) is 0 Å². The van der Waals surface area contributed by atoms with Crippen LogP contribution in [0.1, 0.15) is 31.4 Å². The minimum atomic E-state index is -3.26. The molecule has 0 radical (unpaired) electrons. The van der Waals surface area contributed by atoms with Gasteiger partial charge in [0.1, 0.15) is 5.75 Å². The fraction of sp³-hybridized carbons (Fsp3) is 0.500. The Balaban J connectivity index is 2.54. The molecule has 1 aromatic rings. The van der Waals surface area contributed by atoms with Crippen molar-refractivity contribution in [3.05, 3.63) is 23.8 Å². The van der Waals surface area contributed by atoms with E-state index in [1.54, 1.807) is 25.3 Å². The molecular formula is C12H17NO3S. The highest BCUT2D eigenvalue weighted by Gasteiger charge is 2.42. The lowest BCUT2D eigenvalue weighted by Gasteiger charge is -2.13. The number of ether oxygens (including phenoxy) is 1. The van der Waals surface area contributed by atoms with Crippen LogP contribution in [0, 0.1) is 0 Å². The van der Waals surface area contributed by atoms with Crippen molar-refractivity contribution in [1.82, 2.24) is 0 Å². The van der Waals surface area contributed by atoms with Gasteiger partial charge in [0.15, 0.2) is 9.84 Å². The van der Waals surface area contributed by atoms with Crippen LogP contribution in [0.5, 0.6) is 5.75 Å². The summed E-state index contributed by atoms with van der Waals surface area (Å²) in [5.74, 6) is 0.645. The second-order valence-electron chi connectivity index (χ2n) is 4.30. The number of nitrogens with two attached hydrogens (primary N) is 1. The van der Waals surface area contributed by atoms with Gasteiger partial charge in [-0.2, -0.15) is 0 Å². The number of hydrogen-bond donors (Lipinski definition) is 1. The fourth-order valence-electron chi connectivity index (χ4n) is 2.35. The molecule has 1 aromatic carbocycles. The summed E-state index contributed by atoms with van der Waals surface area (Å²) in [6.07, 6.45) is 1.41. The molecule has 1 aliphatic heterocycles. The van der Waals surface area contributed by atoms with E-state index in [4.69, 9.17) is 10.5 Å². The summed E-state index contributed by atoms with van der Waals surface area (Å²) in [7, 11) is -1.71. The average Bonchev–Trinajstić information content (AvgIpc) is 2.50. The summed E-state index contributed by atoms with van der Waals surface area (Å²) >= 11 is 0. The Labute approximate surface area is 102 Å². The number of benzene rings is 1. The first-order valence-electron chi connectivity index (χ1n) is 5.69. The molecule has 4 nitrogen and oxygen atoms in total. The zero-order valence-electron chi connectivity index (χ0n) is 10.0. The first-order valence-corrected chi connectivity index (χ1v) is 7.24. The summed E-state index contributed by atoms with van der Waals surface area (Å²) in [6, 6.07) is 4.55. The molecule has 0 fully saturated rings. The molecule has 0 bridgehead atoms. The van der Waals surface area contributed by atoms with Crippen molar-refractivity contribution in [2.75, 3.05) is 7.11 Å². The molecule has 94 valence electrons. The Morgan fingerprint density at radius 2 is 2.12 bits per heavy atom. The van der Waals surface area contributed by atoms with Crippen LogP contribution in [-0.2, 0) is 9.84 Å². The fourth-order valence-corrected chi connectivity index (χ4v) is 4.53. The van der Waals surface area contributed by atoms with Gasteiger partial charge in [-0.25, -0.2) is 8.42 Å². The molecule has 1 heterocycles. The predicted molar refractivity (Wildman–Crippen MR) is 65.8 cm³/mol. The lowest BCUT2D eigenvalue weighted by Crippen LogP contribution is -2.26. The summed E-state index contributed by atoms with van der Waals surface area (Å²) in [6.45, 7) is 1.96. The first-order chi connectivity index (χ1) is 8.02. The standard InChI is InChI=1S/C12H17NO3S/c1-3-4-11-12(13)9-7-8(16-2)5-6-10(9)17(11,14)15/h5-7,11-12H,3-4,13H2,1-2H3. The van der Waals surface area contributed by atoms with Crippen molar-refractivity contribution in [2.24, 2.45) is 5.73 Å². The predicted octanol–water partition coefficient (Wildman–Crippen LogP) is 1.65. The lowest BCUT2D eigenvalue weighted by molar-refractivity contribution is 0.413. The highest BCUT2D eigenvalue weighted by Crippen LogP contribution is 2.41. The number of hydrogen-bond acceptors (Lipinski definition) is 4. The zero-order chi connectivity index (χ0) is 12.6. The van der Waals surface area contributed by atoms with Crippen LogP contribution >= 0.6 is 0 Å². The second-order valence-corrected chi connectivity index (χ2v) is 6.44. The first kappa shape index (κ1) is 12.4. The molecule has 0 aromatic heterocycles. The summed E-state index contributed by atoms with van der Waals surface area (Å²) in [4.78, 5) is 0.365. The van der Waals surface area contributed by atoms with Gasteiger partial charge < -0.3 is 10.5 Å². The largest absolute Gasteiger partial charge is 0.497 e. The van der Waals surface area contributed by atoms with Crippen LogP contribution < -0.4 is 10.5 Å². The summed E-state index contributed by atoms with van der Waals surface area (Å²) in [5.41, 5.74) is 6.72. The third kappa shape index (κ3) is 1.83. The van der Waals surface area contributed by atoms with Gasteiger partial charge in [0, 0.05) is 6.04 Å². The molecular weight excluding hydrogens is 238 g/mol. The monoisotopic (exact) mass is 255 g/mol. The average molecular weight is 255 g/mol. The van der Waals surface area contributed by atoms with Crippen molar-refractivity contribution < 1.29 is 13.2 Å². The normalized spacial score (nSPS) is 25.6. The Morgan fingerprint density at radius 3 is 2.71 bits per heavy atom. The minimum Gasteiger partial charge on any atom is -0.497 e. The molecule has 1 aliphatic rings. The van der Waals surface area contributed by atoms with Gasteiger partial charge in [-0.15, -0.1) is 0 Å². The van der Waals surface area contributed by atoms with Crippen LogP contribution in [0.3, 0.4) is 0 Å². The van der Waals surface area contributed by atoms with Crippen LogP contribution in [0.25, 0.3) is 0 Å². The van der Waals surface area contributed by atoms with E-state index in [1.165, 1.54) is 0 Å². The maximum atomic E-state index is 12.3. The number of fused-ring (bicyclic) bond motifs is 1. The minimum absolute atomic E-state index is 0.365. The molecule has 0 saturated carbocycles. The molecule has 2 unspecified atom stereocenters. The van der Waals surface area contributed by atoms with Gasteiger partial charge >= 0.3 is 0 Å². The Kier molecular flexibility index (Phi) is 3.14. The SMILES string of the molecule is CCCC1C(N)c2cc(OC)ccc2S1(=O)=O. The van der Waals surface area contributed by atoms with Gasteiger partial charge in [-0.1, -0.05) is 13.3 Å². The van der Waals surface area contributed by atoms with E-state index in [0.717, 1.165) is 6.42 Å². The molecule has 2 rings (SSSR count). The molecule has 0 aliphatic carbocycles. The van der Waals surface area contributed by atoms with E-state index in [9.17, 15) is 8.42 Å². The van der Waals surface area contributed by atoms with Crippen molar-refractivity contribution in [3.63, 3.8) is 0 Å². The zero-order valence-corrected chi connectivity index (χ0v) is 10.8. The summed E-state index contributed by atoms with van der Waals surface area (Å²) in [5, 5.41) is -0.491. The van der Waals surface area contributed by atoms with E-state index >= 15 is 0 Å². The molecule has 0 amide bonds. The van der Waals surface area contributed by atoms with Gasteiger partial charge in [-0.3, -0.25) is 0 Å². The molecule has 0 spiro atoms. The number of rotatable bonds is 3. The number of methoxy groups -OCH3 is 1. The van der Waals surface area contributed by atoms with E-state index in [-0.39, 0.29) is 0 Å². The number of sulfone groups is 1. The van der Waals surface area contributed by atoms with E-state index in [2.05, 4.69) is 0 Å². The molecule has 2 atom stereocenters. The quantitative estimate of drug-likeness (QED) is 0.891. The lowest BCUT2D eigenvalue weighted by atomic mass is 10.0. The molecule has 0 saturated heterocycles. The highest BCUT2D eigenvalue weighted by atomic mass is 32.2. The molecule has 5 heteroatoms. The second kappa shape index (κ2) is 4.31. The van der Waals surface area contributed by atoms with Crippen molar-refractivity contribution in [1.29, 1.82) is 0 Å². The van der Waals surface area contributed by atoms with Crippen molar-refractivity contribution in [3.8, 4) is 5.75 Å². The van der Waals surface area contributed by atoms with E-state index < -0.39 is 21.1 Å².